The van der Waals surface area contributed by atoms with Crippen LogP contribution in [0.25, 0.3) is 21.9 Å². The number of carbonyl (C=O) groups is 2. The monoisotopic (exact) mass is 512 g/mol. The third-order valence-electron chi connectivity index (χ3n) is 6.55. The molecule has 4 rings (SSSR count). The van der Waals surface area contributed by atoms with Crippen molar-refractivity contribution in [2.45, 2.75) is 32.7 Å². The molecule has 0 atom stereocenters. The maximum absolute atomic E-state index is 12.4. The Labute approximate surface area is 215 Å². The molecule has 1 aliphatic heterocycles. The molecule has 200 valence electrons. The second-order valence-electron chi connectivity index (χ2n) is 9.02. The highest BCUT2D eigenvalue weighted by Gasteiger charge is 2.24. The van der Waals surface area contributed by atoms with Crippen LogP contribution in [0.3, 0.4) is 0 Å². The number of hydrogen-bond donors (Lipinski definition) is 3. The van der Waals surface area contributed by atoms with Crippen molar-refractivity contribution in [3.05, 3.63) is 30.1 Å². The number of imidazole rings is 1. The second kappa shape index (κ2) is 12.7. The van der Waals surface area contributed by atoms with Gasteiger partial charge in [0.05, 0.1) is 24.2 Å². The molecule has 1 fully saturated rings. The summed E-state index contributed by atoms with van der Waals surface area (Å²) in [4.78, 5) is 41.4. The number of nitrogens with one attached hydrogen (secondary N) is 1. The summed E-state index contributed by atoms with van der Waals surface area (Å²) in [6, 6.07) is 7.79. The van der Waals surface area contributed by atoms with Gasteiger partial charge in [-0.25, -0.2) is 20.7 Å². The number of carbonyl (C=O) groups excluding carboxylic acids is 2. The van der Waals surface area contributed by atoms with Crippen LogP contribution in [0, 0.1) is 0 Å². The van der Waals surface area contributed by atoms with Crippen LogP contribution < -0.4 is 16.9 Å². The predicted molar refractivity (Wildman–Crippen MR) is 141 cm³/mol. The van der Waals surface area contributed by atoms with Gasteiger partial charge in [0.25, 0.3) is 5.91 Å². The van der Waals surface area contributed by atoms with Crippen molar-refractivity contribution in [2.75, 3.05) is 58.3 Å². The van der Waals surface area contributed by atoms with Gasteiger partial charge in [-0.2, -0.15) is 0 Å². The quantitative estimate of drug-likeness (QED) is 0.256. The Kier molecular flexibility index (Phi) is 9.09. The highest BCUT2D eigenvalue weighted by Crippen LogP contribution is 2.29. The smallest absolute Gasteiger partial charge is 0.317 e. The zero-order valence-electron chi connectivity index (χ0n) is 21.3. The number of para-hydroxylation sites is 1. The number of urea groups is 1. The lowest BCUT2D eigenvalue weighted by molar-refractivity contribution is -0.137. The van der Waals surface area contributed by atoms with Gasteiger partial charge in [-0.1, -0.05) is 31.5 Å². The van der Waals surface area contributed by atoms with Gasteiger partial charge in [0.2, 0.25) is 0 Å². The number of aromatic nitrogens is 3. The average Bonchev–Trinajstić information content (AvgIpc) is 3.28. The van der Waals surface area contributed by atoms with E-state index in [2.05, 4.69) is 26.6 Å². The molecular weight excluding hydrogens is 476 g/mol. The van der Waals surface area contributed by atoms with E-state index in [1.54, 1.807) is 9.80 Å². The van der Waals surface area contributed by atoms with Crippen LogP contribution in [0.4, 0.5) is 10.6 Å². The van der Waals surface area contributed by atoms with E-state index < -0.39 is 0 Å². The summed E-state index contributed by atoms with van der Waals surface area (Å²) in [7, 11) is 0. The third-order valence-corrected chi connectivity index (χ3v) is 6.55. The summed E-state index contributed by atoms with van der Waals surface area (Å²) >= 11 is 0. The van der Waals surface area contributed by atoms with Gasteiger partial charge >= 0.3 is 6.03 Å². The lowest BCUT2D eigenvalue weighted by Crippen LogP contribution is -2.54. The summed E-state index contributed by atoms with van der Waals surface area (Å²) in [5.74, 6) is 6.20. The van der Waals surface area contributed by atoms with E-state index in [1.165, 1.54) is 0 Å². The van der Waals surface area contributed by atoms with E-state index in [0.717, 1.165) is 47.0 Å². The first-order chi connectivity index (χ1) is 18.0. The van der Waals surface area contributed by atoms with Crippen LogP contribution in [-0.2, 0) is 27.3 Å². The molecule has 0 spiro atoms. The number of aryl methyl sites for hydroxylation is 1. The van der Waals surface area contributed by atoms with Gasteiger partial charge in [0.15, 0.2) is 5.82 Å². The molecule has 3 heterocycles. The number of nitrogens with zero attached hydrogens (tertiary/aromatic N) is 5. The van der Waals surface area contributed by atoms with Crippen molar-refractivity contribution in [2.24, 2.45) is 5.90 Å². The number of piperazine rings is 1. The number of pyridine rings is 1. The van der Waals surface area contributed by atoms with Gasteiger partial charge in [-0.15, -0.1) is 0 Å². The van der Waals surface area contributed by atoms with Gasteiger partial charge in [0.1, 0.15) is 17.9 Å². The Bertz CT molecular complexity index is 1220. The summed E-state index contributed by atoms with van der Waals surface area (Å²) in [6.07, 6.45) is 2.96. The highest BCUT2D eigenvalue weighted by atomic mass is 16.6. The zero-order valence-corrected chi connectivity index (χ0v) is 21.3. The van der Waals surface area contributed by atoms with Crippen molar-refractivity contribution < 1.29 is 19.2 Å². The molecule has 0 aliphatic carbocycles. The molecule has 3 aromatic rings. The molecule has 1 aromatic carbocycles. The molecule has 5 N–H and O–H groups in total. The van der Waals surface area contributed by atoms with Gasteiger partial charge in [-0.05, 0) is 12.5 Å². The molecule has 1 aliphatic rings. The summed E-state index contributed by atoms with van der Waals surface area (Å²) < 4.78 is 8.06. The molecular formula is C25H36N8O4. The van der Waals surface area contributed by atoms with Gasteiger partial charge in [-0.3, -0.25) is 9.63 Å². The lowest BCUT2D eigenvalue weighted by atomic mass is 10.2. The molecule has 0 radical (unpaired) electrons. The molecule has 0 unspecified atom stereocenters. The number of fused-ring (bicyclic) bond motifs is 3. The lowest BCUT2D eigenvalue weighted by Gasteiger charge is -2.34. The average molecular weight is 513 g/mol. The first kappa shape index (κ1) is 26.6. The van der Waals surface area contributed by atoms with Crippen molar-refractivity contribution >= 4 is 39.7 Å². The van der Waals surface area contributed by atoms with Crippen molar-refractivity contribution in [3.63, 3.8) is 0 Å². The Morgan fingerprint density at radius 3 is 2.59 bits per heavy atom. The SMILES string of the molecule is CCCCc1nc2c(N)nc3ccccc3c2n1CCOCCNC(=O)N1CCN(C(=O)CON)CC1. The number of amides is 3. The summed E-state index contributed by atoms with van der Waals surface area (Å²) in [5.41, 5.74) is 8.82. The highest BCUT2D eigenvalue weighted by molar-refractivity contribution is 6.06. The van der Waals surface area contributed by atoms with Crippen molar-refractivity contribution in [1.82, 2.24) is 29.7 Å². The molecule has 1 saturated heterocycles. The minimum Gasteiger partial charge on any atom is -0.382 e. The maximum atomic E-state index is 12.4. The number of benzene rings is 1. The predicted octanol–water partition coefficient (Wildman–Crippen LogP) is 1.27. The number of unbranched alkanes of at least 4 members (excludes halogenated alkanes) is 1. The summed E-state index contributed by atoms with van der Waals surface area (Å²) in [6.45, 7) is 5.73. The molecule has 2 aromatic heterocycles. The largest absolute Gasteiger partial charge is 0.382 e. The molecule has 0 saturated carbocycles. The zero-order chi connectivity index (χ0) is 26.2. The normalized spacial score (nSPS) is 14.0. The van der Waals surface area contributed by atoms with Crippen LogP contribution in [0.15, 0.2) is 24.3 Å². The van der Waals surface area contributed by atoms with E-state index in [9.17, 15) is 9.59 Å². The van der Waals surface area contributed by atoms with E-state index in [-0.39, 0.29) is 18.5 Å². The van der Waals surface area contributed by atoms with E-state index in [0.29, 0.717) is 58.3 Å². The Balaban J connectivity index is 1.29. The van der Waals surface area contributed by atoms with Crippen LogP contribution in [0.1, 0.15) is 25.6 Å². The van der Waals surface area contributed by atoms with Crippen LogP contribution >= 0.6 is 0 Å². The molecule has 12 heteroatoms. The minimum atomic E-state index is -0.175. The van der Waals surface area contributed by atoms with E-state index in [1.807, 2.05) is 24.3 Å². The van der Waals surface area contributed by atoms with Crippen LogP contribution in [-0.4, -0.2) is 88.8 Å². The summed E-state index contributed by atoms with van der Waals surface area (Å²) in [5, 5.41) is 3.91. The standard InChI is InChI=1S/C25H36N8O4/c1-2-3-8-20-30-22-23(18-6-4-5-7-19(18)29-24(22)26)33(20)14-16-36-15-9-28-25(35)32-12-10-31(11-13-32)21(34)17-37-27/h4-7H,2-3,8-17,27H2,1H3,(H2,26,29)(H,28,35). The fraction of sp³-hybridized carbons (Fsp3) is 0.520. The van der Waals surface area contributed by atoms with Gasteiger partial charge in [0, 0.05) is 51.1 Å². The number of hydrogen-bond acceptors (Lipinski definition) is 8. The Morgan fingerprint density at radius 1 is 1.08 bits per heavy atom. The second-order valence-corrected chi connectivity index (χ2v) is 9.02. The maximum Gasteiger partial charge on any atom is 0.317 e. The first-order valence-electron chi connectivity index (χ1n) is 12.8. The molecule has 3 amide bonds. The number of nitrogens with two attached hydrogens (primary N) is 2. The van der Waals surface area contributed by atoms with Gasteiger partial charge < -0.3 is 30.2 Å². The van der Waals surface area contributed by atoms with E-state index >= 15 is 0 Å². The Hall–Kier alpha value is -3.48. The third kappa shape index (κ3) is 6.27. The number of ether oxygens (including phenoxy) is 1. The number of nitrogen functional groups attached to an aromatic ring is 1. The first-order valence-corrected chi connectivity index (χ1v) is 12.8. The molecule has 37 heavy (non-hydrogen) atoms. The van der Waals surface area contributed by atoms with Crippen LogP contribution in [0.2, 0.25) is 0 Å². The minimum absolute atomic E-state index is 0.154. The van der Waals surface area contributed by atoms with Crippen molar-refractivity contribution in [1.29, 1.82) is 0 Å². The fourth-order valence-corrected chi connectivity index (χ4v) is 4.59. The topological polar surface area (TPSA) is 154 Å². The molecule has 0 bridgehead atoms. The fourth-order valence-electron chi connectivity index (χ4n) is 4.59. The van der Waals surface area contributed by atoms with E-state index in [4.69, 9.17) is 21.4 Å². The molecule has 12 nitrogen and oxygen atoms in total. The van der Waals surface area contributed by atoms with Crippen molar-refractivity contribution in [3.8, 4) is 0 Å². The number of anilines is 1. The number of rotatable bonds is 11. The van der Waals surface area contributed by atoms with Crippen LogP contribution in [0.5, 0.6) is 0 Å². The Morgan fingerprint density at radius 2 is 1.84 bits per heavy atom.